The molecule has 60 valence electrons. The van der Waals surface area contributed by atoms with Gasteiger partial charge in [0.25, 0.3) is 0 Å². The van der Waals surface area contributed by atoms with Crippen molar-refractivity contribution in [2.75, 3.05) is 5.73 Å². The van der Waals surface area contributed by atoms with E-state index in [1.165, 1.54) is 6.07 Å². The van der Waals surface area contributed by atoms with Gasteiger partial charge in [-0.15, -0.1) is 0 Å². The molecule has 0 saturated carbocycles. The predicted molar refractivity (Wildman–Crippen MR) is 44.9 cm³/mol. The molecule has 0 aliphatic carbocycles. The Labute approximate surface area is 66.0 Å². The molecule has 0 aliphatic heterocycles. The monoisotopic (exact) mass is 153 g/mol. The lowest BCUT2D eigenvalue weighted by molar-refractivity contribution is 0.618. The summed E-state index contributed by atoms with van der Waals surface area (Å²) in [5.74, 6) is -0.222. The van der Waals surface area contributed by atoms with Crippen LogP contribution in [-0.2, 0) is 6.42 Å². The Bertz CT molecular complexity index is 269. The number of rotatable bonds is 1. The van der Waals surface area contributed by atoms with Crippen LogP contribution in [0.2, 0.25) is 0 Å². The zero-order valence-electron chi connectivity index (χ0n) is 6.82. The number of aryl methyl sites for hydroxylation is 2. The van der Waals surface area contributed by atoms with E-state index in [0.29, 0.717) is 11.3 Å². The number of nitrogens with two attached hydrogens (primary N) is 1. The summed E-state index contributed by atoms with van der Waals surface area (Å²) in [6.07, 6.45) is 0.854. The van der Waals surface area contributed by atoms with Gasteiger partial charge in [-0.3, -0.25) is 0 Å². The normalized spacial score (nSPS) is 10.1. The lowest BCUT2D eigenvalue weighted by Crippen LogP contribution is -1.95. The summed E-state index contributed by atoms with van der Waals surface area (Å²) in [7, 11) is 0. The van der Waals surface area contributed by atoms with Crippen LogP contribution in [0.25, 0.3) is 0 Å². The number of hydrogen-bond acceptors (Lipinski definition) is 1. The molecule has 0 radical (unpaired) electrons. The van der Waals surface area contributed by atoms with Gasteiger partial charge in [0.2, 0.25) is 0 Å². The number of nitrogen functional groups attached to an aromatic ring is 1. The molecule has 0 aromatic heterocycles. The molecule has 0 amide bonds. The highest BCUT2D eigenvalue weighted by Crippen LogP contribution is 2.17. The van der Waals surface area contributed by atoms with Crippen LogP contribution in [-0.4, -0.2) is 0 Å². The van der Waals surface area contributed by atoms with Crippen molar-refractivity contribution in [1.82, 2.24) is 0 Å². The largest absolute Gasteiger partial charge is 0.398 e. The highest BCUT2D eigenvalue weighted by Gasteiger charge is 2.01. The summed E-state index contributed by atoms with van der Waals surface area (Å²) < 4.78 is 12.8. The molecule has 2 N–H and O–H groups in total. The molecule has 2 heteroatoms. The first kappa shape index (κ1) is 8.05. The summed E-state index contributed by atoms with van der Waals surface area (Å²) in [6, 6.07) is 3.18. The molecule has 1 aromatic rings. The molecule has 0 bridgehead atoms. The van der Waals surface area contributed by atoms with E-state index in [1.54, 1.807) is 13.0 Å². The van der Waals surface area contributed by atoms with Crippen molar-refractivity contribution in [1.29, 1.82) is 0 Å². The fraction of sp³-hybridized carbons (Fsp3) is 0.333. The van der Waals surface area contributed by atoms with E-state index in [0.717, 1.165) is 12.0 Å². The molecule has 0 spiro atoms. The topological polar surface area (TPSA) is 26.0 Å². The van der Waals surface area contributed by atoms with Crippen molar-refractivity contribution in [3.8, 4) is 0 Å². The average molecular weight is 153 g/mol. The predicted octanol–water partition coefficient (Wildman–Crippen LogP) is 2.28. The molecular formula is C9H12FN. The highest BCUT2D eigenvalue weighted by molar-refractivity contribution is 5.48. The van der Waals surface area contributed by atoms with Crippen LogP contribution in [0.3, 0.4) is 0 Å². The highest BCUT2D eigenvalue weighted by atomic mass is 19.1. The van der Waals surface area contributed by atoms with Gasteiger partial charge in [0.15, 0.2) is 0 Å². The minimum Gasteiger partial charge on any atom is -0.398 e. The van der Waals surface area contributed by atoms with E-state index in [9.17, 15) is 4.39 Å². The van der Waals surface area contributed by atoms with Crippen LogP contribution in [0.5, 0.6) is 0 Å². The Morgan fingerprint density at radius 1 is 1.45 bits per heavy atom. The van der Waals surface area contributed by atoms with Gasteiger partial charge in [-0.2, -0.15) is 0 Å². The Kier molecular flexibility index (Phi) is 2.13. The molecule has 0 unspecified atom stereocenters. The summed E-state index contributed by atoms with van der Waals surface area (Å²) in [6.45, 7) is 3.75. The molecular weight excluding hydrogens is 141 g/mol. The minimum absolute atomic E-state index is 0.222. The van der Waals surface area contributed by atoms with Crippen LogP contribution < -0.4 is 5.73 Å². The summed E-state index contributed by atoms with van der Waals surface area (Å²) >= 11 is 0. The number of anilines is 1. The van der Waals surface area contributed by atoms with Crippen LogP contribution in [0.15, 0.2) is 12.1 Å². The second kappa shape index (κ2) is 2.91. The molecule has 0 heterocycles. The van der Waals surface area contributed by atoms with Gasteiger partial charge in [-0.1, -0.05) is 13.0 Å². The third-order valence-electron chi connectivity index (χ3n) is 1.80. The van der Waals surface area contributed by atoms with Gasteiger partial charge in [-0.25, -0.2) is 4.39 Å². The average Bonchev–Trinajstić information content (AvgIpc) is 1.97. The Morgan fingerprint density at radius 3 is 2.64 bits per heavy atom. The van der Waals surface area contributed by atoms with Crippen LogP contribution in [0.1, 0.15) is 18.1 Å². The second-order valence-electron chi connectivity index (χ2n) is 2.65. The second-order valence-corrected chi connectivity index (χ2v) is 2.65. The van der Waals surface area contributed by atoms with E-state index in [4.69, 9.17) is 5.73 Å². The first-order valence-corrected chi connectivity index (χ1v) is 3.69. The van der Waals surface area contributed by atoms with Crippen molar-refractivity contribution < 1.29 is 4.39 Å². The molecule has 1 nitrogen and oxygen atoms in total. The third kappa shape index (κ3) is 1.50. The van der Waals surface area contributed by atoms with Crippen molar-refractivity contribution in [2.45, 2.75) is 20.3 Å². The molecule has 11 heavy (non-hydrogen) atoms. The zero-order valence-corrected chi connectivity index (χ0v) is 6.82. The van der Waals surface area contributed by atoms with E-state index < -0.39 is 0 Å². The quantitative estimate of drug-likeness (QED) is 0.615. The molecule has 0 saturated heterocycles. The lowest BCUT2D eigenvalue weighted by atomic mass is 10.1. The van der Waals surface area contributed by atoms with E-state index in [1.807, 2.05) is 6.92 Å². The van der Waals surface area contributed by atoms with Crippen molar-refractivity contribution in [3.63, 3.8) is 0 Å². The fourth-order valence-electron chi connectivity index (χ4n) is 1.06. The molecule has 0 atom stereocenters. The first-order valence-electron chi connectivity index (χ1n) is 3.69. The smallest absolute Gasteiger partial charge is 0.128 e. The van der Waals surface area contributed by atoms with Gasteiger partial charge < -0.3 is 5.73 Å². The maximum Gasteiger partial charge on any atom is 0.128 e. The number of benzene rings is 1. The Hall–Kier alpha value is -1.05. The molecule has 0 fully saturated rings. The Morgan fingerprint density at radius 2 is 2.09 bits per heavy atom. The van der Waals surface area contributed by atoms with Crippen molar-refractivity contribution in [3.05, 3.63) is 29.1 Å². The zero-order chi connectivity index (χ0) is 8.43. The third-order valence-corrected chi connectivity index (χ3v) is 1.80. The van der Waals surface area contributed by atoms with Gasteiger partial charge >= 0.3 is 0 Å². The van der Waals surface area contributed by atoms with Crippen LogP contribution in [0, 0.1) is 12.7 Å². The maximum atomic E-state index is 12.8. The van der Waals surface area contributed by atoms with Gasteiger partial charge in [0.05, 0.1) is 0 Å². The SMILES string of the molecule is CCc1cc(C)c(F)cc1N. The summed E-state index contributed by atoms with van der Waals surface area (Å²) in [5.41, 5.74) is 7.79. The van der Waals surface area contributed by atoms with Gasteiger partial charge in [0.1, 0.15) is 5.82 Å². The number of hydrogen-bond donors (Lipinski definition) is 1. The number of halogens is 1. The molecule has 1 rings (SSSR count). The van der Waals surface area contributed by atoms with E-state index >= 15 is 0 Å². The van der Waals surface area contributed by atoms with Gasteiger partial charge in [0, 0.05) is 5.69 Å². The van der Waals surface area contributed by atoms with Gasteiger partial charge in [-0.05, 0) is 30.5 Å². The Balaban J connectivity index is 3.21. The van der Waals surface area contributed by atoms with E-state index in [2.05, 4.69) is 0 Å². The maximum absolute atomic E-state index is 12.8. The van der Waals surface area contributed by atoms with Crippen LogP contribution in [0.4, 0.5) is 10.1 Å². The van der Waals surface area contributed by atoms with Crippen molar-refractivity contribution in [2.24, 2.45) is 0 Å². The minimum atomic E-state index is -0.222. The van der Waals surface area contributed by atoms with E-state index in [-0.39, 0.29) is 5.82 Å². The summed E-state index contributed by atoms with van der Waals surface area (Å²) in [5, 5.41) is 0. The summed E-state index contributed by atoms with van der Waals surface area (Å²) in [4.78, 5) is 0. The fourth-order valence-corrected chi connectivity index (χ4v) is 1.06. The standard InChI is InChI=1S/C9H12FN/c1-3-7-4-6(2)8(10)5-9(7)11/h4-5H,3,11H2,1-2H3. The molecule has 0 aliphatic rings. The van der Waals surface area contributed by atoms with Crippen LogP contribution >= 0.6 is 0 Å². The molecule has 1 aromatic carbocycles. The first-order chi connectivity index (χ1) is 5.15. The van der Waals surface area contributed by atoms with Crippen molar-refractivity contribution >= 4 is 5.69 Å². The lowest BCUT2D eigenvalue weighted by Gasteiger charge is -2.04.